The van der Waals surface area contributed by atoms with Crippen molar-refractivity contribution in [2.75, 3.05) is 26.4 Å². The molecule has 5 saturated heterocycles. The molecule has 0 amide bonds. The van der Waals surface area contributed by atoms with E-state index in [9.17, 15) is 96.4 Å². The van der Waals surface area contributed by atoms with Crippen molar-refractivity contribution in [3.05, 3.63) is 24.3 Å². The van der Waals surface area contributed by atoms with E-state index in [1.54, 1.807) is 6.08 Å². The SMILES string of the molecule is O=C(C=CC1CCC(O[C@@H]2O[C@H](CO)[C@@H](O)[C@H](O)[C@H]2O)CC1)OC[C@H]1O[C@@H](OC2CC3C(CC(O)CC3O[C@@H]3O[C@H](CO)[C@@H](O)[C@H](O)[C@H]3O)OC2C2CCC(O)C(O)C2)[C@H](O[C@@H]2OC[C@@H](O)[C@H](O)[C@H]2OC(=O)C=CC2CCC(O)C(O)C2)[C@@H](O)[C@@H]1O. The third-order valence-electron chi connectivity index (χ3n) is 18.7. The minimum Gasteiger partial charge on any atom is -0.460 e. The largest absolute Gasteiger partial charge is 0.460 e. The van der Waals surface area contributed by atoms with Gasteiger partial charge in [-0.15, -0.1) is 0 Å². The van der Waals surface area contributed by atoms with Gasteiger partial charge in [-0.05, 0) is 94.8 Å². The molecule has 0 aromatic carbocycles. The minimum atomic E-state index is -2.03. The molecule has 4 aliphatic carbocycles. The Morgan fingerprint density at radius 3 is 1.65 bits per heavy atom. The molecule has 31 atom stereocenters. The third kappa shape index (κ3) is 16.0. The van der Waals surface area contributed by atoms with E-state index in [1.807, 2.05) is 0 Å². The molecule has 17 N–H and O–H groups in total. The van der Waals surface area contributed by atoms with Gasteiger partial charge in [0.2, 0.25) is 0 Å². The molecule has 30 nitrogen and oxygen atoms in total. The lowest BCUT2D eigenvalue weighted by atomic mass is 9.72. The Balaban J connectivity index is 0.935. The number of aliphatic hydroxyl groups excluding tert-OH is 17. The van der Waals surface area contributed by atoms with Crippen LogP contribution in [0, 0.1) is 23.7 Å². The van der Waals surface area contributed by atoms with Crippen molar-refractivity contribution in [3.8, 4) is 0 Å². The first-order valence-electron chi connectivity index (χ1n) is 30.0. The number of carbonyl (C=O) groups excluding carboxylic acids is 2. The van der Waals surface area contributed by atoms with Crippen LogP contribution in [0.2, 0.25) is 0 Å². The fourth-order valence-corrected chi connectivity index (χ4v) is 13.5. The summed E-state index contributed by atoms with van der Waals surface area (Å²) in [4.78, 5) is 26.8. The van der Waals surface area contributed by atoms with Gasteiger partial charge in [-0.3, -0.25) is 0 Å². The first-order chi connectivity index (χ1) is 41.0. The zero-order valence-corrected chi connectivity index (χ0v) is 47.3. The minimum absolute atomic E-state index is 0.00753. The number of ether oxygens (including phenoxy) is 11. The Morgan fingerprint density at radius 2 is 1.01 bits per heavy atom. The van der Waals surface area contributed by atoms with Gasteiger partial charge < -0.3 is 139 Å². The summed E-state index contributed by atoms with van der Waals surface area (Å²) < 4.78 is 66.6. The first-order valence-corrected chi connectivity index (χ1v) is 30.0. The predicted molar refractivity (Wildman–Crippen MR) is 281 cm³/mol. The number of hydrogen-bond acceptors (Lipinski definition) is 30. The molecule has 0 radical (unpaired) electrons. The van der Waals surface area contributed by atoms with Gasteiger partial charge >= 0.3 is 11.9 Å². The van der Waals surface area contributed by atoms with Crippen LogP contribution in [0.3, 0.4) is 0 Å². The Morgan fingerprint density at radius 1 is 0.442 bits per heavy atom. The molecule has 492 valence electrons. The summed E-state index contributed by atoms with van der Waals surface area (Å²) in [5.41, 5.74) is 0. The molecule has 0 bridgehead atoms. The van der Waals surface area contributed by atoms with Crippen LogP contribution in [0.5, 0.6) is 0 Å². The number of aliphatic hydroxyl groups is 17. The first kappa shape index (κ1) is 67.8. The molecule has 12 unspecified atom stereocenters. The predicted octanol–water partition coefficient (Wildman–Crippen LogP) is -6.62. The van der Waals surface area contributed by atoms with Gasteiger partial charge in [-0.1, -0.05) is 12.2 Å². The van der Waals surface area contributed by atoms with Crippen molar-refractivity contribution in [2.45, 2.75) is 261 Å². The van der Waals surface area contributed by atoms with Crippen LogP contribution in [0.4, 0.5) is 0 Å². The van der Waals surface area contributed by atoms with Crippen LogP contribution in [0.25, 0.3) is 0 Å². The summed E-state index contributed by atoms with van der Waals surface area (Å²) in [7, 11) is 0. The van der Waals surface area contributed by atoms with Crippen molar-refractivity contribution in [1.29, 1.82) is 0 Å². The highest BCUT2D eigenvalue weighted by Crippen LogP contribution is 2.46. The molecular weight excluding hydrogens is 1150 g/mol. The van der Waals surface area contributed by atoms with Crippen molar-refractivity contribution in [1.82, 2.24) is 0 Å². The van der Waals surface area contributed by atoms with Crippen molar-refractivity contribution in [3.63, 3.8) is 0 Å². The highest BCUT2D eigenvalue weighted by Gasteiger charge is 2.56. The molecule has 0 spiro atoms. The van der Waals surface area contributed by atoms with E-state index in [4.69, 9.17) is 52.1 Å². The highest BCUT2D eigenvalue weighted by atomic mass is 16.8. The quantitative estimate of drug-likeness (QED) is 0.0448. The Labute approximate surface area is 494 Å². The summed E-state index contributed by atoms with van der Waals surface area (Å²) in [6.45, 7) is -2.65. The van der Waals surface area contributed by atoms with Crippen LogP contribution in [-0.4, -0.2) is 303 Å². The molecule has 9 aliphatic rings. The molecule has 86 heavy (non-hydrogen) atoms. The summed E-state index contributed by atoms with van der Waals surface area (Å²) in [5.74, 6) is -3.68. The van der Waals surface area contributed by atoms with Crippen LogP contribution in [0.15, 0.2) is 24.3 Å². The molecule has 9 fully saturated rings. The number of esters is 2. The Bertz CT molecular complexity index is 2200. The maximum Gasteiger partial charge on any atom is 0.330 e. The van der Waals surface area contributed by atoms with E-state index < -0.39 is 228 Å². The maximum atomic E-state index is 13.4. The lowest BCUT2D eigenvalue weighted by Crippen LogP contribution is -2.65. The molecule has 0 aromatic heterocycles. The fraction of sp³-hybridized carbons (Fsp3) is 0.893. The number of allylic oxidation sites excluding steroid dienone is 2. The Kier molecular flexibility index (Phi) is 23.8. The summed E-state index contributed by atoms with van der Waals surface area (Å²) >= 11 is 0. The monoisotopic (exact) mass is 1240 g/mol. The number of rotatable bonds is 18. The maximum absolute atomic E-state index is 13.4. The van der Waals surface area contributed by atoms with Crippen LogP contribution < -0.4 is 0 Å². The third-order valence-corrected chi connectivity index (χ3v) is 18.7. The van der Waals surface area contributed by atoms with E-state index in [2.05, 4.69) is 0 Å². The molecule has 0 aromatic rings. The average molecular weight is 1240 g/mol. The molecule has 30 heteroatoms. The van der Waals surface area contributed by atoms with Gasteiger partial charge in [-0.2, -0.15) is 0 Å². The van der Waals surface area contributed by atoms with Crippen LogP contribution in [0.1, 0.15) is 83.5 Å². The summed E-state index contributed by atoms with van der Waals surface area (Å²) in [6, 6.07) is 0. The van der Waals surface area contributed by atoms with Crippen molar-refractivity contribution < 1.29 is 149 Å². The van der Waals surface area contributed by atoms with Crippen molar-refractivity contribution >= 4 is 11.9 Å². The molecule has 9 rings (SSSR count). The van der Waals surface area contributed by atoms with Crippen LogP contribution in [-0.2, 0) is 61.7 Å². The number of fused-ring (bicyclic) bond motifs is 1. The lowest BCUT2D eigenvalue weighted by molar-refractivity contribution is -0.373. The molecule has 5 aliphatic heterocycles. The second kappa shape index (κ2) is 30.2. The zero-order chi connectivity index (χ0) is 61.8. The number of carbonyl (C=O) groups is 2. The van der Waals surface area contributed by atoms with Gasteiger partial charge in [0.05, 0.1) is 80.9 Å². The highest BCUT2D eigenvalue weighted by molar-refractivity contribution is 5.82. The van der Waals surface area contributed by atoms with E-state index in [0.29, 0.717) is 38.5 Å². The van der Waals surface area contributed by atoms with Gasteiger partial charge in [0.15, 0.2) is 31.3 Å². The second-order valence-corrected chi connectivity index (χ2v) is 24.6. The standard InChI is InChI=1S/C56H88O30/c57-18-36-42(68)45(71)48(74)53(82-36)78-26-7-1-22(2-8-26)4-11-39(65)76-21-38-44(70)47(73)52(86-55-51(41(67)32(64)20-77-55)85-40(66)12-5-23-3-9-28(60)30(62)13-23)56(84-38)81-35-17-27-33(79-50(35)24-6-10-29(61)31(63)14-24)15-25(59)16-34(27)80-54-49(75)46(72)43(69)37(19-58)83-54/h4-5,11-12,22-38,41-64,67-75H,1-3,6-10,13-21H2/t22?,23?,24?,25?,26?,27?,28?,29?,30?,31?,32-,33?,34?,35?,36-,37-,38-,41+,42-,43-,44-,45+,46+,47+,48-,49-,50?,51-,52-,53-,54-,55+,56-/m1/s1. The van der Waals surface area contributed by atoms with E-state index in [0.717, 1.165) is 6.08 Å². The van der Waals surface area contributed by atoms with Gasteiger partial charge in [-0.25, -0.2) is 9.59 Å². The smallest absolute Gasteiger partial charge is 0.330 e. The topological polar surface area (TPSA) is 480 Å². The van der Waals surface area contributed by atoms with Crippen LogP contribution >= 0.6 is 0 Å². The zero-order valence-electron chi connectivity index (χ0n) is 47.3. The summed E-state index contributed by atoms with van der Waals surface area (Å²) in [6.07, 6.45) is -33.0. The average Bonchev–Trinajstić information content (AvgIpc) is 1.39. The van der Waals surface area contributed by atoms with E-state index in [-0.39, 0.29) is 56.8 Å². The molecule has 4 saturated carbocycles. The molecular formula is C56H88O30. The van der Waals surface area contributed by atoms with E-state index in [1.165, 1.54) is 12.2 Å². The van der Waals surface area contributed by atoms with Gasteiger partial charge in [0, 0.05) is 24.5 Å². The Hall–Kier alpha value is -2.62. The van der Waals surface area contributed by atoms with Crippen molar-refractivity contribution in [2.24, 2.45) is 23.7 Å². The van der Waals surface area contributed by atoms with Gasteiger partial charge in [0.25, 0.3) is 0 Å². The van der Waals surface area contributed by atoms with Gasteiger partial charge in [0.1, 0.15) is 92.1 Å². The molecule has 5 heterocycles. The second-order valence-electron chi connectivity index (χ2n) is 24.6. The fourth-order valence-electron chi connectivity index (χ4n) is 13.5. The summed E-state index contributed by atoms with van der Waals surface area (Å²) in [5, 5.41) is 181. The number of hydrogen-bond donors (Lipinski definition) is 17. The van der Waals surface area contributed by atoms with E-state index >= 15 is 0 Å². The normalized spacial score (nSPS) is 49.7. The lowest BCUT2D eigenvalue weighted by Gasteiger charge is -2.53.